The van der Waals surface area contributed by atoms with Crippen LogP contribution in [0.1, 0.15) is 5.56 Å². The summed E-state index contributed by atoms with van der Waals surface area (Å²) in [7, 11) is 1.61. The number of anilines is 1. The Hall–Kier alpha value is -2.17. The molecule has 22 heavy (non-hydrogen) atoms. The van der Waals surface area contributed by atoms with E-state index >= 15 is 0 Å². The Morgan fingerprint density at radius 2 is 1.82 bits per heavy atom. The van der Waals surface area contributed by atoms with Crippen molar-refractivity contribution < 1.29 is 9.53 Å². The minimum atomic E-state index is -0.372. The van der Waals surface area contributed by atoms with Gasteiger partial charge in [0.2, 0.25) is 0 Å². The van der Waals surface area contributed by atoms with Crippen LogP contribution < -0.4 is 15.4 Å². The van der Waals surface area contributed by atoms with E-state index in [2.05, 4.69) is 10.6 Å². The number of urea groups is 1. The maximum absolute atomic E-state index is 11.7. The number of rotatable bonds is 4. The van der Waals surface area contributed by atoms with Gasteiger partial charge in [0, 0.05) is 11.9 Å². The fourth-order valence-electron chi connectivity index (χ4n) is 1.67. The van der Waals surface area contributed by atoms with Crippen molar-refractivity contribution in [3.05, 3.63) is 64.3 Å². The number of benzene rings is 2. The van der Waals surface area contributed by atoms with Gasteiger partial charge in [0.05, 0.1) is 17.2 Å². The van der Waals surface area contributed by atoms with Gasteiger partial charge in [-0.25, -0.2) is 4.79 Å². The first-order chi connectivity index (χ1) is 10.6. The Morgan fingerprint density at radius 1 is 1.09 bits per heavy atom. The highest BCUT2D eigenvalue weighted by Gasteiger charge is 2.02. The lowest BCUT2D eigenvalue weighted by Crippen LogP contribution is -2.23. The molecule has 0 aromatic heterocycles. The molecule has 2 N–H and O–H groups in total. The lowest BCUT2D eigenvalue weighted by molar-refractivity contribution is 0.255. The van der Waals surface area contributed by atoms with Gasteiger partial charge in [0.15, 0.2) is 0 Å². The van der Waals surface area contributed by atoms with E-state index in [-0.39, 0.29) is 6.03 Å². The molecule has 0 fully saturated rings. The lowest BCUT2D eigenvalue weighted by Gasteiger charge is -2.05. The summed E-state index contributed by atoms with van der Waals surface area (Å²) < 4.78 is 5.07. The number of ether oxygens (including phenoxy) is 1. The quantitative estimate of drug-likeness (QED) is 0.842. The third-order valence-corrected chi connectivity index (χ3v) is 3.52. The zero-order valence-electron chi connectivity index (χ0n) is 11.8. The highest BCUT2D eigenvalue weighted by molar-refractivity contribution is 6.42. The van der Waals surface area contributed by atoms with Crippen molar-refractivity contribution in [3.63, 3.8) is 0 Å². The lowest BCUT2D eigenvalue weighted by atomic mass is 10.2. The van der Waals surface area contributed by atoms with Gasteiger partial charge in [-0.1, -0.05) is 35.3 Å². The Morgan fingerprint density at radius 3 is 2.45 bits per heavy atom. The van der Waals surface area contributed by atoms with E-state index in [4.69, 9.17) is 27.9 Å². The molecule has 4 nitrogen and oxygen atoms in total. The summed E-state index contributed by atoms with van der Waals surface area (Å²) in [6.45, 7) is 0. The minimum absolute atomic E-state index is 0.372. The van der Waals surface area contributed by atoms with Crippen LogP contribution in [0.4, 0.5) is 10.5 Å². The van der Waals surface area contributed by atoms with E-state index in [9.17, 15) is 4.79 Å². The van der Waals surface area contributed by atoms with E-state index in [1.165, 1.54) is 0 Å². The third-order valence-electron chi connectivity index (χ3n) is 2.78. The molecule has 2 rings (SSSR count). The van der Waals surface area contributed by atoms with Crippen molar-refractivity contribution in [1.29, 1.82) is 0 Å². The topological polar surface area (TPSA) is 50.4 Å². The van der Waals surface area contributed by atoms with Gasteiger partial charge in [-0.15, -0.1) is 0 Å². The van der Waals surface area contributed by atoms with Crippen LogP contribution in [-0.4, -0.2) is 13.1 Å². The van der Waals surface area contributed by atoms with E-state index in [0.717, 1.165) is 11.3 Å². The largest absolute Gasteiger partial charge is 0.497 e. The molecular weight excluding hydrogens is 323 g/mol. The number of hydrogen-bond acceptors (Lipinski definition) is 2. The zero-order valence-corrected chi connectivity index (χ0v) is 13.3. The van der Waals surface area contributed by atoms with Gasteiger partial charge in [-0.2, -0.15) is 0 Å². The molecule has 2 aromatic rings. The Labute approximate surface area is 138 Å². The monoisotopic (exact) mass is 336 g/mol. The molecule has 0 radical (unpaired) electrons. The molecule has 0 aliphatic heterocycles. The zero-order chi connectivity index (χ0) is 15.9. The molecule has 2 aromatic carbocycles. The molecule has 0 aliphatic rings. The van der Waals surface area contributed by atoms with Crippen molar-refractivity contribution in [2.45, 2.75) is 0 Å². The van der Waals surface area contributed by atoms with Crippen LogP contribution in [0, 0.1) is 0 Å². The van der Waals surface area contributed by atoms with E-state index in [1.54, 1.807) is 37.6 Å². The minimum Gasteiger partial charge on any atom is -0.497 e. The molecular formula is C16H14Cl2N2O2. The molecule has 6 heteroatoms. The molecule has 2 amide bonds. The molecule has 0 saturated heterocycles. The first-order valence-corrected chi connectivity index (χ1v) is 7.17. The van der Waals surface area contributed by atoms with Gasteiger partial charge in [-0.3, -0.25) is 0 Å². The molecule has 0 saturated carbocycles. The first kappa shape index (κ1) is 16.2. The third kappa shape index (κ3) is 4.69. The number of halogens is 2. The summed E-state index contributed by atoms with van der Waals surface area (Å²) in [4.78, 5) is 11.7. The standard InChI is InChI=1S/C16H14Cl2N2O2/c1-22-13-5-2-11(3-6-13)8-9-19-16(21)20-12-4-7-14(17)15(18)10-12/h2-10H,1H3,(H2,19,20,21)/b9-8+. The van der Waals surface area contributed by atoms with Crippen molar-refractivity contribution in [3.8, 4) is 5.75 Å². The number of methoxy groups -OCH3 is 1. The molecule has 0 bridgehead atoms. The van der Waals surface area contributed by atoms with Crippen LogP contribution >= 0.6 is 23.2 Å². The van der Waals surface area contributed by atoms with Crippen LogP contribution in [0.15, 0.2) is 48.7 Å². The number of amides is 2. The van der Waals surface area contributed by atoms with Crippen molar-refractivity contribution in [2.24, 2.45) is 0 Å². The second-order valence-electron chi connectivity index (χ2n) is 4.33. The Bertz CT molecular complexity index is 685. The van der Waals surface area contributed by atoms with Gasteiger partial charge in [0.25, 0.3) is 0 Å². The molecule has 114 valence electrons. The number of nitrogens with one attached hydrogen (secondary N) is 2. The Balaban J connectivity index is 1.88. The predicted octanol–water partition coefficient (Wildman–Crippen LogP) is 4.79. The number of carbonyl (C=O) groups is 1. The molecule has 0 unspecified atom stereocenters. The average molecular weight is 337 g/mol. The van der Waals surface area contributed by atoms with Crippen LogP contribution in [0.2, 0.25) is 10.0 Å². The smallest absolute Gasteiger partial charge is 0.323 e. The molecule has 0 spiro atoms. The predicted molar refractivity (Wildman–Crippen MR) is 90.6 cm³/mol. The van der Waals surface area contributed by atoms with Gasteiger partial charge in [0.1, 0.15) is 5.75 Å². The van der Waals surface area contributed by atoms with Crippen LogP contribution in [-0.2, 0) is 0 Å². The van der Waals surface area contributed by atoms with Crippen molar-refractivity contribution >= 4 is 41.0 Å². The molecule has 0 atom stereocenters. The maximum Gasteiger partial charge on any atom is 0.323 e. The van der Waals surface area contributed by atoms with E-state index < -0.39 is 0 Å². The average Bonchev–Trinajstić information content (AvgIpc) is 2.51. The van der Waals surface area contributed by atoms with Crippen molar-refractivity contribution in [1.82, 2.24) is 5.32 Å². The first-order valence-electron chi connectivity index (χ1n) is 6.41. The van der Waals surface area contributed by atoms with Crippen LogP contribution in [0.25, 0.3) is 6.08 Å². The number of hydrogen-bond donors (Lipinski definition) is 2. The van der Waals surface area contributed by atoms with Gasteiger partial charge >= 0.3 is 6.03 Å². The SMILES string of the molecule is COc1ccc(/C=C/NC(=O)Nc2ccc(Cl)c(Cl)c2)cc1. The van der Waals surface area contributed by atoms with Crippen LogP contribution in [0.3, 0.4) is 0 Å². The highest BCUT2D eigenvalue weighted by atomic mass is 35.5. The number of carbonyl (C=O) groups excluding carboxylic acids is 1. The second kappa shape index (κ2) is 7.73. The summed E-state index contributed by atoms with van der Waals surface area (Å²) in [5, 5.41) is 6.07. The Kier molecular flexibility index (Phi) is 5.69. The van der Waals surface area contributed by atoms with E-state index in [1.807, 2.05) is 24.3 Å². The van der Waals surface area contributed by atoms with Crippen LogP contribution in [0.5, 0.6) is 5.75 Å². The second-order valence-corrected chi connectivity index (χ2v) is 5.15. The maximum atomic E-state index is 11.7. The molecule has 0 aliphatic carbocycles. The normalized spacial score (nSPS) is 10.5. The van der Waals surface area contributed by atoms with Gasteiger partial charge < -0.3 is 15.4 Å². The fourth-order valence-corrected chi connectivity index (χ4v) is 1.97. The highest BCUT2D eigenvalue weighted by Crippen LogP contribution is 2.24. The fraction of sp³-hybridized carbons (Fsp3) is 0.0625. The van der Waals surface area contributed by atoms with Crippen molar-refractivity contribution in [2.75, 3.05) is 12.4 Å². The summed E-state index contributed by atoms with van der Waals surface area (Å²) >= 11 is 11.7. The molecule has 0 heterocycles. The van der Waals surface area contributed by atoms with E-state index in [0.29, 0.717) is 15.7 Å². The summed E-state index contributed by atoms with van der Waals surface area (Å²) in [6.07, 6.45) is 3.32. The summed E-state index contributed by atoms with van der Waals surface area (Å²) in [5.41, 5.74) is 1.50. The summed E-state index contributed by atoms with van der Waals surface area (Å²) in [5.74, 6) is 0.780. The summed E-state index contributed by atoms with van der Waals surface area (Å²) in [6, 6.07) is 11.9. The van der Waals surface area contributed by atoms with Gasteiger partial charge in [-0.05, 0) is 42.0 Å².